The van der Waals surface area contributed by atoms with Crippen LogP contribution in [0.15, 0.2) is 18.2 Å². The molecule has 2 atom stereocenters. The summed E-state index contributed by atoms with van der Waals surface area (Å²) in [5.74, 6) is 0. The molecule has 0 amide bonds. The lowest BCUT2D eigenvalue weighted by molar-refractivity contribution is 0.151. The highest BCUT2D eigenvalue weighted by atomic mass is 35.5. The number of rotatable bonds is 4. The van der Waals surface area contributed by atoms with E-state index in [1.165, 1.54) is 19.3 Å². The summed E-state index contributed by atoms with van der Waals surface area (Å²) in [4.78, 5) is 0. The molecular formula is C19H31Cl2NOSi. The monoisotopic (exact) mass is 387 g/mol. The number of halogens is 2. The lowest BCUT2D eigenvalue weighted by atomic mass is 10.1. The summed E-state index contributed by atoms with van der Waals surface area (Å²) < 4.78 is 6.78. The average Bonchev–Trinajstić information content (AvgIpc) is 2.62. The van der Waals surface area contributed by atoms with E-state index in [0.29, 0.717) is 16.1 Å². The van der Waals surface area contributed by atoms with Crippen LogP contribution in [-0.4, -0.2) is 20.5 Å². The van der Waals surface area contributed by atoms with Crippen molar-refractivity contribution in [1.82, 2.24) is 0 Å². The van der Waals surface area contributed by atoms with Crippen LogP contribution < -0.4 is 5.32 Å². The quantitative estimate of drug-likeness (QED) is 0.438. The summed E-state index contributed by atoms with van der Waals surface area (Å²) in [7, 11) is -1.79. The van der Waals surface area contributed by atoms with E-state index in [4.69, 9.17) is 27.6 Å². The largest absolute Gasteiger partial charge is 0.412 e. The van der Waals surface area contributed by atoms with Gasteiger partial charge in [0, 0.05) is 15.7 Å². The summed E-state index contributed by atoms with van der Waals surface area (Å²) in [5, 5.41) is 5.21. The van der Waals surface area contributed by atoms with Crippen molar-refractivity contribution in [3.05, 3.63) is 28.2 Å². The summed E-state index contributed by atoms with van der Waals surface area (Å²) in [5.41, 5.74) is 0.989. The second-order valence-electron chi connectivity index (χ2n) is 8.46. The molecule has 1 saturated carbocycles. The van der Waals surface area contributed by atoms with E-state index in [9.17, 15) is 0 Å². The van der Waals surface area contributed by atoms with Crippen LogP contribution in [0.1, 0.15) is 52.9 Å². The molecule has 0 spiro atoms. The summed E-state index contributed by atoms with van der Waals surface area (Å²) >= 11 is 12.3. The molecule has 1 aromatic carbocycles. The van der Waals surface area contributed by atoms with Gasteiger partial charge in [0.1, 0.15) is 0 Å². The molecule has 1 aromatic rings. The van der Waals surface area contributed by atoms with E-state index in [0.717, 1.165) is 18.5 Å². The first-order valence-electron chi connectivity index (χ1n) is 8.99. The van der Waals surface area contributed by atoms with Crippen molar-refractivity contribution >= 4 is 37.2 Å². The third kappa shape index (κ3) is 5.39. The second kappa shape index (κ2) is 7.99. The van der Waals surface area contributed by atoms with E-state index >= 15 is 0 Å². The molecule has 24 heavy (non-hydrogen) atoms. The van der Waals surface area contributed by atoms with Crippen molar-refractivity contribution in [1.29, 1.82) is 0 Å². The second-order valence-corrected chi connectivity index (χ2v) is 14.1. The van der Waals surface area contributed by atoms with Gasteiger partial charge in [0.2, 0.25) is 0 Å². The molecule has 0 saturated heterocycles. The minimum atomic E-state index is -1.79. The van der Waals surface area contributed by atoms with Crippen molar-refractivity contribution < 1.29 is 4.43 Å². The molecule has 2 nitrogen and oxygen atoms in total. The molecule has 1 fully saturated rings. The topological polar surface area (TPSA) is 21.3 Å². The van der Waals surface area contributed by atoms with Crippen LogP contribution in [0.5, 0.6) is 0 Å². The summed E-state index contributed by atoms with van der Waals surface area (Å²) in [6, 6.07) is 5.98. The van der Waals surface area contributed by atoms with Gasteiger partial charge in [-0.05, 0) is 49.2 Å². The molecule has 0 unspecified atom stereocenters. The maximum absolute atomic E-state index is 6.78. The highest BCUT2D eigenvalue weighted by molar-refractivity contribution is 6.74. The number of hydrogen-bond acceptors (Lipinski definition) is 2. The van der Waals surface area contributed by atoms with Crippen LogP contribution in [0.2, 0.25) is 28.2 Å². The van der Waals surface area contributed by atoms with Gasteiger partial charge in [0.25, 0.3) is 0 Å². The fourth-order valence-corrected chi connectivity index (χ4v) is 4.90. The lowest BCUT2D eigenvalue weighted by Crippen LogP contribution is -2.48. The molecule has 0 aliphatic heterocycles. The Hall–Kier alpha value is -0.223. The maximum Gasteiger partial charge on any atom is 0.192 e. The first-order chi connectivity index (χ1) is 11.1. The van der Waals surface area contributed by atoms with E-state index < -0.39 is 8.32 Å². The summed E-state index contributed by atoms with van der Waals surface area (Å²) in [6.45, 7) is 11.6. The third-order valence-electron chi connectivity index (χ3n) is 5.42. The van der Waals surface area contributed by atoms with Gasteiger partial charge in [-0.3, -0.25) is 0 Å². The number of hydrogen-bond donors (Lipinski definition) is 1. The molecule has 0 heterocycles. The minimum absolute atomic E-state index is 0.225. The van der Waals surface area contributed by atoms with Gasteiger partial charge in [-0.1, -0.05) is 63.2 Å². The molecule has 1 N–H and O–H groups in total. The van der Waals surface area contributed by atoms with Crippen LogP contribution in [0.4, 0.5) is 5.69 Å². The van der Waals surface area contributed by atoms with Crippen molar-refractivity contribution in [3.63, 3.8) is 0 Å². The van der Waals surface area contributed by atoms with E-state index in [1.54, 1.807) is 6.07 Å². The van der Waals surface area contributed by atoms with Gasteiger partial charge in [-0.2, -0.15) is 0 Å². The van der Waals surface area contributed by atoms with Crippen molar-refractivity contribution in [2.75, 3.05) is 5.32 Å². The van der Waals surface area contributed by atoms with E-state index in [-0.39, 0.29) is 11.1 Å². The predicted octanol–water partition coefficient (Wildman–Crippen LogP) is 7.13. The van der Waals surface area contributed by atoms with Crippen LogP contribution >= 0.6 is 23.2 Å². The number of benzene rings is 1. The Morgan fingerprint density at radius 3 is 2.17 bits per heavy atom. The Morgan fingerprint density at radius 2 is 1.58 bits per heavy atom. The van der Waals surface area contributed by atoms with E-state index in [1.807, 2.05) is 12.1 Å². The summed E-state index contributed by atoms with van der Waals surface area (Å²) in [6.07, 6.45) is 6.27. The van der Waals surface area contributed by atoms with Crippen molar-refractivity contribution in [2.45, 2.75) is 83.2 Å². The normalized spacial score (nSPS) is 23.0. The molecule has 0 bridgehead atoms. The van der Waals surface area contributed by atoms with Crippen molar-refractivity contribution in [2.24, 2.45) is 0 Å². The lowest BCUT2D eigenvalue weighted by Gasteiger charge is -2.41. The first-order valence-corrected chi connectivity index (χ1v) is 12.7. The molecule has 5 heteroatoms. The van der Waals surface area contributed by atoms with Crippen molar-refractivity contribution in [3.8, 4) is 0 Å². The number of anilines is 1. The van der Waals surface area contributed by atoms with Gasteiger partial charge < -0.3 is 9.74 Å². The fourth-order valence-electron chi connectivity index (χ4n) is 2.99. The first kappa shape index (κ1) is 20.1. The highest BCUT2D eigenvalue weighted by Crippen LogP contribution is 2.39. The third-order valence-corrected chi connectivity index (χ3v) is 10.4. The minimum Gasteiger partial charge on any atom is -0.412 e. The van der Waals surface area contributed by atoms with Gasteiger partial charge in [-0.25, -0.2) is 0 Å². The van der Waals surface area contributed by atoms with Crippen LogP contribution in [0.25, 0.3) is 0 Å². The van der Waals surface area contributed by atoms with E-state index in [2.05, 4.69) is 39.2 Å². The van der Waals surface area contributed by atoms with Crippen LogP contribution in [0.3, 0.4) is 0 Å². The maximum atomic E-state index is 6.78. The smallest absolute Gasteiger partial charge is 0.192 e. The van der Waals surface area contributed by atoms with Gasteiger partial charge in [-0.15, -0.1) is 0 Å². The zero-order valence-electron chi connectivity index (χ0n) is 15.6. The Balaban J connectivity index is 2.17. The standard InChI is InChI=1S/C19H31Cl2NOSi/c1-19(2,3)24(4,5)23-18-10-8-6-7-9-17(18)22-16-12-14(20)11-15(21)13-16/h11-13,17-18,22H,6-10H2,1-5H3/t17-,18-/m1/s1. The zero-order chi connectivity index (χ0) is 18.0. The Bertz CT molecular complexity index is 537. The molecule has 0 radical (unpaired) electrons. The Labute approximate surface area is 158 Å². The molecule has 1 aliphatic carbocycles. The van der Waals surface area contributed by atoms with Crippen LogP contribution in [0, 0.1) is 0 Å². The fraction of sp³-hybridized carbons (Fsp3) is 0.684. The molecule has 1 aliphatic rings. The average molecular weight is 388 g/mol. The molecular weight excluding hydrogens is 357 g/mol. The number of nitrogens with one attached hydrogen (secondary N) is 1. The Kier molecular flexibility index (Phi) is 6.69. The molecule has 136 valence electrons. The highest BCUT2D eigenvalue weighted by Gasteiger charge is 2.40. The zero-order valence-corrected chi connectivity index (χ0v) is 18.1. The van der Waals surface area contributed by atoms with Crippen LogP contribution in [-0.2, 0) is 4.43 Å². The van der Waals surface area contributed by atoms with Gasteiger partial charge >= 0.3 is 0 Å². The molecule has 0 aromatic heterocycles. The van der Waals surface area contributed by atoms with Gasteiger partial charge in [0.15, 0.2) is 8.32 Å². The van der Waals surface area contributed by atoms with Gasteiger partial charge in [0.05, 0.1) is 12.1 Å². The predicted molar refractivity (Wildman–Crippen MR) is 109 cm³/mol. The molecule has 2 rings (SSSR count). The SMILES string of the molecule is CC(C)(C)[Si](C)(C)O[C@@H]1CCCCC[C@H]1Nc1cc(Cl)cc(Cl)c1. The Morgan fingerprint density at radius 1 is 1.00 bits per heavy atom.